The van der Waals surface area contributed by atoms with Crippen LogP contribution in [0.15, 0.2) is 59.1 Å². The Hall–Kier alpha value is -3.40. The Labute approximate surface area is 182 Å². The molecule has 3 aromatic heterocycles. The van der Waals surface area contributed by atoms with Crippen molar-refractivity contribution in [2.45, 2.75) is 38.0 Å². The van der Waals surface area contributed by atoms with Crippen LogP contribution in [-0.4, -0.2) is 40.6 Å². The van der Waals surface area contributed by atoms with E-state index in [0.29, 0.717) is 34.2 Å². The molecular weight excluding hydrogens is 414 g/mol. The van der Waals surface area contributed by atoms with E-state index in [1.54, 1.807) is 29.1 Å². The number of nitrogens with one attached hydrogen (secondary N) is 1. The number of carbonyl (C=O) groups is 1. The minimum atomic E-state index is -0.163. The maximum absolute atomic E-state index is 12.8. The first-order valence-electron chi connectivity index (χ1n) is 10.1. The monoisotopic (exact) mass is 437 g/mol. The second-order valence-corrected chi connectivity index (χ2v) is 7.91. The van der Waals surface area contributed by atoms with Crippen LogP contribution in [0.3, 0.4) is 0 Å². The number of nitrogens with zero attached hydrogens (tertiary/aromatic N) is 6. The van der Waals surface area contributed by atoms with Gasteiger partial charge in [0.15, 0.2) is 5.16 Å². The number of anilines is 1. The van der Waals surface area contributed by atoms with E-state index < -0.39 is 0 Å². The van der Waals surface area contributed by atoms with Gasteiger partial charge < -0.3 is 5.32 Å². The number of aromatic nitrogens is 6. The average molecular weight is 438 g/mol. The number of unbranched alkanes of at least 4 members (excludes halogenated alkanes) is 1. The summed E-state index contributed by atoms with van der Waals surface area (Å²) in [6, 6.07) is 9.08. The summed E-state index contributed by atoms with van der Waals surface area (Å²) in [4.78, 5) is 25.4. The van der Waals surface area contributed by atoms with Crippen LogP contribution in [0, 0.1) is 0 Å². The highest BCUT2D eigenvalue weighted by Gasteiger charge is 2.17. The molecule has 3 heterocycles. The fourth-order valence-corrected chi connectivity index (χ4v) is 4.09. The molecular formula is C21H23N7O2S. The van der Waals surface area contributed by atoms with Gasteiger partial charge in [-0.05, 0) is 18.6 Å². The predicted molar refractivity (Wildman–Crippen MR) is 121 cm³/mol. The first kappa shape index (κ1) is 20.9. The molecule has 0 saturated heterocycles. The molecule has 1 N–H and O–H groups in total. The fraction of sp³-hybridized carbons (Fsp3) is 0.286. The highest BCUT2D eigenvalue weighted by atomic mass is 32.2. The highest BCUT2D eigenvalue weighted by molar-refractivity contribution is 7.99. The molecule has 0 spiro atoms. The summed E-state index contributed by atoms with van der Waals surface area (Å²) >= 11 is 1.26. The Morgan fingerprint density at radius 2 is 2.10 bits per heavy atom. The summed E-state index contributed by atoms with van der Waals surface area (Å²) in [7, 11) is 0. The van der Waals surface area contributed by atoms with Crippen LogP contribution >= 0.6 is 11.8 Å². The van der Waals surface area contributed by atoms with Gasteiger partial charge in [0.05, 0.1) is 22.9 Å². The molecule has 0 saturated carbocycles. The third-order valence-corrected chi connectivity index (χ3v) is 5.76. The van der Waals surface area contributed by atoms with Gasteiger partial charge in [0, 0.05) is 19.2 Å². The molecule has 160 valence electrons. The zero-order valence-corrected chi connectivity index (χ0v) is 18.0. The molecule has 9 nitrogen and oxygen atoms in total. The van der Waals surface area contributed by atoms with Gasteiger partial charge in [0.25, 0.3) is 5.56 Å². The quantitative estimate of drug-likeness (QED) is 0.319. The number of aryl methyl sites for hydroxylation is 1. The zero-order valence-electron chi connectivity index (χ0n) is 17.2. The SMILES string of the molecule is C=CCn1c(=O)c2ccccc2n2c(SCC(=O)Nc3ccnn3CCCC)nnc12. The van der Waals surface area contributed by atoms with E-state index in [1.807, 2.05) is 22.6 Å². The Bertz CT molecular complexity index is 1300. The van der Waals surface area contributed by atoms with Gasteiger partial charge >= 0.3 is 0 Å². The number of hydrogen-bond acceptors (Lipinski definition) is 6. The van der Waals surface area contributed by atoms with E-state index in [1.165, 1.54) is 16.3 Å². The lowest BCUT2D eigenvalue weighted by molar-refractivity contribution is -0.113. The molecule has 0 atom stereocenters. The smallest absolute Gasteiger partial charge is 0.263 e. The van der Waals surface area contributed by atoms with E-state index >= 15 is 0 Å². The van der Waals surface area contributed by atoms with Crippen LogP contribution in [0.1, 0.15) is 19.8 Å². The first-order valence-corrected chi connectivity index (χ1v) is 11.0. The minimum absolute atomic E-state index is 0.147. The topological polar surface area (TPSA) is 99.1 Å². The molecule has 4 aromatic rings. The molecule has 0 unspecified atom stereocenters. The van der Waals surface area contributed by atoms with E-state index in [0.717, 1.165) is 19.4 Å². The van der Waals surface area contributed by atoms with Gasteiger partial charge in [-0.25, -0.2) is 4.68 Å². The summed E-state index contributed by atoms with van der Waals surface area (Å²) in [5, 5.41) is 16.7. The van der Waals surface area contributed by atoms with Crippen LogP contribution in [0.2, 0.25) is 0 Å². The van der Waals surface area contributed by atoms with Gasteiger partial charge in [0.2, 0.25) is 11.7 Å². The second kappa shape index (κ2) is 9.17. The Morgan fingerprint density at radius 3 is 2.90 bits per heavy atom. The number of benzene rings is 1. The fourth-order valence-electron chi connectivity index (χ4n) is 3.35. The Morgan fingerprint density at radius 1 is 1.26 bits per heavy atom. The van der Waals surface area contributed by atoms with Gasteiger partial charge in [-0.15, -0.1) is 16.8 Å². The van der Waals surface area contributed by atoms with Crippen molar-refractivity contribution in [2.24, 2.45) is 0 Å². The lowest BCUT2D eigenvalue weighted by atomic mass is 10.2. The van der Waals surface area contributed by atoms with E-state index in [9.17, 15) is 9.59 Å². The van der Waals surface area contributed by atoms with Crippen molar-refractivity contribution in [2.75, 3.05) is 11.1 Å². The largest absolute Gasteiger partial charge is 0.310 e. The molecule has 0 radical (unpaired) electrons. The van der Waals surface area contributed by atoms with Crippen molar-refractivity contribution >= 4 is 40.2 Å². The van der Waals surface area contributed by atoms with Crippen molar-refractivity contribution in [3.05, 3.63) is 59.5 Å². The van der Waals surface area contributed by atoms with Gasteiger partial charge in [-0.3, -0.25) is 18.6 Å². The molecule has 1 aromatic carbocycles. The molecule has 0 aliphatic carbocycles. The standard InChI is InChI=1S/C21H23N7O2S/c1-3-5-13-27-17(10-11-22-27)23-18(29)14-31-21-25-24-20-26(12-4-2)19(30)15-8-6-7-9-16(15)28(20)21/h4,6-11H,2-3,5,12-14H2,1H3,(H,23,29). The lowest BCUT2D eigenvalue weighted by Gasteiger charge is -2.10. The molecule has 31 heavy (non-hydrogen) atoms. The summed E-state index contributed by atoms with van der Waals surface area (Å²) in [6.07, 6.45) is 5.36. The first-order chi connectivity index (χ1) is 15.1. The molecule has 0 aliphatic rings. The maximum Gasteiger partial charge on any atom is 0.263 e. The van der Waals surface area contributed by atoms with Crippen LogP contribution < -0.4 is 10.9 Å². The van der Waals surface area contributed by atoms with Crippen molar-refractivity contribution in [1.29, 1.82) is 0 Å². The summed E-state index contributed by atoms with van der Waals surface area (Å²) < 4.78 is 5.13. The summed E-state index contributed by atoms with van der Waals surface area (Å²) in [5.41, 5.74) is 0.554. The number of rotatable bonds is 9. The number of fused-ring (bicyclic) bond motifs is 3. The van der Waals surface area contributed by atoms with Crippen molar-refractivity contribution in [1.82, 2.24) is 28.9 Å². The van der Waals surface area contributed by atoms with Crippen LogP contribution in [0.4, 0.5) is 5.82 Å². The average Bonchev–Trinajstić information content (AvgIpc) is 3.40. The van der Waals surface area contributed by atoms with E-state index in [4.69, 9.17) is 0 Å². The van der Waals surface area contributed by atoms with Crippen LogP contribution in [-0.2, 0) is 17.9 Å². The molecule has 10 heteroatoms. The molecule has 1 amide bonds. The second-order valence-electron chi connectivity index (χ2n) is 6.97. The number of carbonyl (C=O) groups excluding carboxylic acids is 1. The number of amides is 1. The van der Waals surface area contributed by atoms with Gasteiger partial charge in [-0.2, -0.15) is 5.10 Å². The number of para-hydroxylation sites is 1. The van der Waals surface area contributed by atoms with Gasteiger partial charge in [0.1, 0.15) is 5.82 Å². The normalized spacial score (nSPS) is 11.3. The third kappa shape index (κ3) is 4.11. The van der Waals surface area contributed by atoms with Crippen molar-refractivity contribution in [3.63, 3.8) is 0 Å². The zero-order chi connectivity index (χ0) is 21.8. The Kier molecular flexibility index (Phi) is 6.17. The predicted octanol–water partition coefficient (Wildman–Crippen LogP) is 2.96. The number of thioether (sulfide) groups is 1. The lowest BCUT2D eigenvalue weighted by Crippen LogP contribution is -2.23. The van der Waals surface area contributed by atoms with Crippen molar-refractivity contribution < 1.29 is 4.79 Å². The highest BCUT2D eigenvalue weighted by Crippen LogP contribution is 2.22. The van der Waals surface area contributed by atoms with Gasteiger partial charge in [-0.1, -0.05) is 43.3 Å². The minimum Gasteiger partial charge on any atom is -0.310 e. The number of hydrogen-bond donors (Lipinski definition) is 1. The molecule has 0 aliphatic heterocycles. The van der Waals surface area contributed by atoms with E-state index in [-0.39, 0.29) is 17.2 Å². The summed E-state index contributed by atoms with van der Waals surface area (Å²) in [5.74, 6) is 1.08. The molecule has 0 bridgehead atoms. The summed E-state index contributed by atoms with van der Waals surface area (Å²) in [6.45, 7) is 6.92. The number of allylic oxidation sites excluding steroid dienone is 1. The van der Waals surface area contributed by atoms with E-state index in [2.05, 4.69) is 34.1 Å². The molecule has 4 rings (SSSR count). The maximum atomic E-state index is 12.8. The molecule has 0 fully saturated rings. The van der Waals surface area contributed by atoms with Crippen molar-refractivity contribution in [3.8, 4) is 0 Å². The Balaban J connectivity index is 1.60. The van der Waals surface area contributed by atoms with Crippen LogP contribution in [0.5, 0.6) is 0 Å². The van der Waals surface area contributed by atoms with Crippen LogP contribution in [0.25, 0.3) is 16.7 Å². The third-order valence-electron chi connectivity index (χ3n) is 4.83.